The average Bonchev–Trinajstić information content (AvgIpc) is 3.23. The molecule has 1 aromatic heterocycles. The highest BCUT2D eigenvalue weighted by Crippen LogP contribution is 2.36. The summed E-state index contributed by atoms with van der Waals surface area (Å²) < 4.78 is 1.74. The Labute approximate surface area is 145 Å². The molecule has 124 valence electrons. The summed E-state index contributed by atoms with van der Waals surface area (Å²) in [7, 11) is 1.86. The molecule has 4 rings (SSSR count). The minimum absolute atomic E-state index is 0.0732. The third kappa shape index (κ3) is 2.74. The number of nitrogens with one attached hydrogen (secondary N) is 1. The van der Waals surface area contributed by atoms with Gasteiger partial charge in [-0.05, 0) is 35.7 Å². The number of Topliss-reactive ketones (excluding diaryl/α,β-unsaturated/α-hetero) is 1. The van der Waals surface area contributed by atoms with Gasteiger partial charge in [-0.3, -0.25) is 14.3 Å². The van der Waals surface area contributed by atoms with Crippen LogP contribution in [0.15, 0.2) is 54.9 Å². The molecular formula is C20H17N3O2. The number of fused-ring (bicyclic) bond motifs is 1. The average molecular weight is 331 g/mol. The quantitative estimate of drug-likeness (QED) is 0.799. The molecule has 0 atom stereocenters. The fourth-order valence-electron chi connectivity index (χ4n) is 3.31. The number of carbonyl (C=O) groups excluding carboxylic acids is 2. The summed E-state index contributed by atoms with van der Waals surface area (Å²) in [6, 6.07) is 12.8. The van der Waals surface area contributed by atoms with E-state index in [1.807, 2.05) is 43.6 Å². The minimum Gasteiger partial charge on any atom is -0.321 e. The lowest BCUT2D eigenvalue weighted by atomic mass is 9.97. The molecule has 0 bridgehead atoms. The number of benzene rings is 2. The van der Waals surface area contributed by atoms with Crippen molar-refractivity contribution in [2.45, 2.75) is 12.8 Å². The van der Waals surface area contributed by atoms with Gasteiger partial charge in [0, 0.05) is 36.4 Å². The Hall–Kier alpha value is -3.21. The lowest BCUT2D eigenvalue weighted by molar-refractivity contribution is 0.0995. The molecule has 25 heavy (non-hydrogen) atoms. The molecule has 1 N–H and O–H groups in total. The Kier molecular flexibility index (Phi) is 3.69. The highest BCUT2D eigenvalue weighted by Gasteiger charge is 2.27. The maximum Gasteiger partial charge on any atom is 0.255 e. The summed E-state index contributed by atoms with van der Waals surface area (Å²) in [6.07, 6.45) is 4.88. The zero-order valence-electron chi connectivity index (χ0n) is 13.8. The molecule has 1 aliphatic carbocycles. The van der Waals surface area contributed by atoms with Crippen LogP contribution in [0.4, 0.5) is 5.69 Å². The van der Waals surface area contributed by atoms with E-state index in [4.69, 9.17) is 0 Å². The fraction of sp³-hybridized carbons (Fsp3) is 0.150. The van der Waals surface area contributed by atoms with E-state index in [9.17, 15) is 9.59 Å². The van der Waals surface area contributed by atoms with Crippen LogP contribution in [0.3, 0.4) is 0 Å². The Bertz CT molecular complexity index is 974. The summed E-state index contributed by atoms with van der Waals surface area (Å²) in [6.45, 7) is 0. The van der Waals surface area contributed by atoms with E-state index in [1.165, 1.54) is 0 Å². The van der Waals surface area contributed by atoms with E-state index < -0.39 is 0 Å². The fourth-order valence-corrected chi connectivity index (χ4v) is 3.31. The third-order valence-corrected chi connectivity index (χ3v) is 4.49. The smallest absolute Gasteiger partial charge is 0.255 e. The summed E-state index contributed by atoms with van der Waals surface area (Å²) in [5.74, 6) is -0.138. The van der Waals surface area contributed by atoms with Crippen LogP contribution in [-0.2, 0) is 13.5 Å². The zero-order chi connectivity index (χ0) is 17.4. The summed E-state index contributed by atoms with van der Waals surface area (Å²) in [5.41, 5.74) is 4.76. The SMILES string of the molecule is Cn1cc(-c2ccc(NC(=O)c3ccccc3)c3c2CCC3=O)cn1. The van der Waals surface area contributed by atoms with Gasteiger partial charge in [0.05, 0.1) is 11.9 Å². The van der Waals surface area contributed by atoms with Crippen molar-refractivity contribution in [3.8, 4) is 11.1 Å². The second kappa shape index (κ2) is 6.02. The maximum atomic E-state index is 12.4. The van der Waals surface area contributed by atoms with E-state index in [1.54, 1.807) is 23.0 Å². The molecule has 0 aliphatic heterocycles. The maximum absolute atomic E-state index is 12.4. The zero-order valence-corrected chi connectivity index (χ0v) is 13.8. The van der Waals surface area contributed by atoms with Gasteiger partial charge in [-0.1, -0.05) is 24.3 Å². The van der Waals surface area contributed by atoms with Gasteiger partial charge in [-0.25, -0.2) is 0 Å². The molecule has 0 radical (unpaired) electrons. The summed E-state index contributed by atoms with van der Waals surface area (Å²) in [5, 5.41) is 7.10. The largest absolute Gasteiger partial charge is 0.321 e. The van der Waals surface area contributed by atoms with Crippen molar-refractivity contribution in [1.82, 2.24) is 9.78 Å². The molecule has 0 unspecified atom stereocenters. The minimum atomic E-state index is -0.211. The molecule has 1 heterocycles. The first-order chi connectivity index (χ1) is 12.1. The van der Waals surface area contributed by atoms with Crippen molar-refractivity contribution in [3.05, 3.63) is 71.5 Å². The van der Waals surface area contributed by atoms with E-state index in [-0.39, 0.29) is 11.7 Å². The second-order valence-electron chi connectivity index (χ2n) is 6.16. The Morgan fingerprint density at radius 2 is 1.92 bits per heavy atom. The standard InChI is InChI=1S/C20H17N3O2/c1-23-12-14(11-21-23)15-7-9-17(19-16(15)8-10-18(19)24)22-20(25)13-5-3-2-4-6-13/h2-7,9,11-12H,8,10H2,1H3,(H,22,25). The molecule has 5 heteroatoms. The predicted molar refractivity (Wildman–Crippen MR) is 95.7 cm³/mol. The second-order valence-corrected chi connectivity index (χ2v) is 6.16. The van der Waals surface area contributed by atoms with E-state index in [2.05, 4.69) is 10.4 Å². The lowest BCUT2D eigenvalue weighted by Crippen LogP contribution is -2.14. The molecule has 1 amide bonds. The summed E-state index contributed by atoms with van der Waals surface area (Å²) >= 11 is 0. The lowest BCUT2D eigenvalue weighted by Gasteiger charge is -2.13. The molecule has 0 fully saturated rings. The van der Waals surface area contributed by atoms with Crippen molar-refractivity contribution < 1.29 is 9.59 Å². The molecule has 1 aliphatic rings. The van der Waals surface area contributed by atoms with Crippen LogP contribution in [0, 0.1) is 0 Å². The molecule has 5 nitrogen and oxygen atoms in total. The number of ketones is 1. The molecule has 0 saturated carbocycles. The first-order valence-electron chi connectivity index (χ1n) is 8.18. The van der Waals surface area contributed by atoms with Crippen molar-refractivity contribution in [3.63, 3.8) is 0 Å². The number of amides is 1. The van der Waals surface area contributed by atoms with Crippen LogP contribution in [0.2, 0.25) is 0 Å². The highest BCUT2D eigenvalue weighted by molar-refractivity contribution is 6.12. The first kappa shape index (κ1) is 15.3. The van der Waals surface area contributed by atoms with Crippen LogP contribution >= 0.6 is 0 Å². The summed E-state index contributed by atoms with van der Waals surface area (Å²) in [4.78, 5) is 24.9. The van der Waals surface area contributed by atoms with Crippen molar-refractivity contribution in [2.24, 2.45) is 7.05 Å². The van der Waals surface area contributed by atoms with Gasteiger partial charge in [0.25, 0.3) is 5.91 Å². The van der Waals surface area contributed by atoms with Gasteiger partial charge >= 0.3 is 0 Å². The number of aromatic nitrogens is 2. The first-order valence-corrected chi connectivity index (χ1v) is 8.18. The number of hydrogen-bond donors (Lipinski definition) is 1. The van der Waals surface area contributed by atoms with Crippen molar-refractivity contribution >= 4 is 17.4 Å². The van der Waals surface area contributed by atoms with Crippen LogP contribution in [0.25, 0.3) is 11.1 Å². The number of anilines is 1. The van der Waals surface area contributed by atoms with Crippen LogP contribution in [0.1, 0.15) is 32.7 Å². The Balaban J connectivity index is 1.74. The number of aryl methyl sites for hydroxylation is 1. The van der Waals surface area contributed by atoms with Crippen LogP contribution in [0.5, 0.6) is 0 Å². The number of nitrogens with zero attached hydrogens (tertiary/aromatic N) is 2. The van der Waals surface area contributed by atoms with Gasteiger partial charge in [-0.15, -0.1) is 0 Å². The molecule has 3 aromatic rings. The number of carbonyl (C=O) groups is 2. The van der Waals surface area contributed by atoms with E-state index in [0.717, 1.165) is 16.7 Å². The highest BCUT2D eigenvalue weighted by atomic mass is 16.1. The Morgan fingerprint density at radius 1 is 1.12 bits per heavy atom. The van der Waals surface area contributed by atoms with E-state index >= 15 is 0 Å². The molecule has 2 aromatic carbocycles. The third-order valence-electron chi connectivity index (χ3n) is 4.49. The predicted octanol–water partition coefficient (Wildman–Crippen LogP) is 3.47. The monoisotopic (exact) mass is 331 g/mol. The molecule has 0 spiro atoms. The molecule has 0 saturated heterocycles. The van der Waals surface area contributed by atoms with Gasteiger partial charge < -0.3 is 5.32 Å². The van der Waals surface area contributed by atoms with E-state index in [0.29, 0.717) is 29.7 Å². The Morgan fingerprint density at radius 3 is 2.64 bits per heavy atom. The number of rotatable bonds is 3. The topological polar surface area (TPSA) is 64.0 Å². The van der Waals surface area contributed by atoms with Gasteiger partial charge in [-0.2, -0.15) is 5.10 Å². The normalized spacial score (nSPS) is 12.9. The van der Waals surface area contributed by atoms with Gasteiger partial charge in [0.1, 0.15) is 0 Å². The van der Waals surface area contributed by atoms with Crippen molar-refractivity contribution in [2.75, 3.05) is 5.32 Å². The van der Waals surface area contributed by atoms with Crippen LogP contribution in [-0.4, -0.2) is 21.5 Å². The van der Waals surface area contributed by atoms with Gasteiger partial charge in [0.15, 0.2) is 5.78 Å². The van der Waals surface area contributed by atoms with Crippen molar-refractivity contribution in [1.29, 1.82) is 0 Å². The number of hydrogen-bond acceptors (Lipinski definition) is 3. The molecular weight excluding hydrogens is 314 g/mol. The van der Waals surface area contributed by atoms with Crippen LogP contribution < -0.4 is 5.32 Å². The van der Waals surface area contributed by atoms with Gasteiger partial charge in [0.2, 0.25) is 0 Å².